The molecule has 13 heteroatoms. The van der Waals surface area contributed by atoms with Crippen molar-refractivity contribution in [3.05, 3.63) is 41.5 Å². The van der Waals surface area contributed by atoms with Crippen LogP contribution < -0.4 is 23.7 Å². The number of fused-ring (bicyclic) bond motifs is 3. The summed E-state index contributed by atoms with van der Waals surface area (Å²) in [6.07, 6.45) is -6.34. The number of carbonyl (C=O) groups excluding carboxylic acids is 2. The van der Waals surface area contributed by atoms with Crippen LogP contribution in [0.5, 0.6) is 28.7 Å². The van der Waals surface area contributed by atoms with E-state index >= 15 is 0 Å². The SMILES string of the molecule is COc1cc2c(OC3OC[C@@H](O)[C@H](OC(=O)N(C)C)[C@H]3O)c3c(c(-c4ccc5c(c4)OCO5)c2cc1OC)C(=O)OC3. The van der Waals surface area contributed by atoms with Crippen LogP contribution in [0, 0.1) is 0 Å². The minimum atomic E-state index is -1.57. The zero-order chi connectivity index (χ0) is 29.7. The van der Waals surface area contributed by atoms with Crippen LogP contribution in [0.1, 0.15) is 15.9 Å². The molecule has 0 spiro atoms. The summed E-state index contributed by atoms with van der Waals surface area (Å²) in [5, 5.41) is 22.6. The number of rotatable bonds is 6. The molecule has 0 radical (unpaired) electrons. The normalized spacial score (nSPS) is 22.4. The molecule has 0 aromatic heterocycles. The summed E-state index contributed by atoms with van der Waals surface area (Å²) in [4.78, 5) is 26.6. The second kappa shape index (κ2) is 10.7. The van der Waals surface area contributed by atoms with Crippen molar-refractivity contribution < 1.29 is 57.7 Å². The number of hydrogen-bond donors (Lipinski definition) is 2. The number of nitrogens with zero attached hydrogens (tertiary/aromatic N) is 1. The van der Waals surface area contributed by atoms with E-state index < -0.39 is 36.7 Å². The lowest BCUT2D eigenvalue weighted by atomic mass is 9.89. The highest BCUT2D eigenvalue weighted by Gasteiger charge is 2.44. The van der Waals surface area contributed by atoms with Crippen molar-refractivity contribution in [3.63, 3.8) is 0 Å². The fourth-order valence-electron chi connectivity index (χ4n) is 5.25. The van der Waals surface area contributed by atoms with Gasteiger partial charge >= 0.3 is 12.1 Å². The zero-order valence-electron chi connectivity index (χ0n) is 23.2. The van der Waals surface area contributed by atoms with Crippen molar-refractivity contribution in [2.24, 2.45) is 0 Å². The van der Waals surface area contributed by atoms with Gasteiger partial charge in [0.1, 0.15) is 18.5 Å². The van der Waals surface area contributed by atoms with Gasteiger partial charge in [-0.05, 0) is 35.2 Å². The Morgan fingerprint density at radius 2 is 1.67 bits per heavy atom. The number of cyclic esters (lactones) is 1. The summed E-state index contributed by atoms with van der Waals surface area (Å²) in [6, 6.07) is 8.75. The number of hydrogen-bond acceptors (Lipinski definition) is 12. The van der Waals surface area contributed by atoms with Crippen molar-refractivity contribution in [1.29, 1.82) is 0 Å². The van der Waals surface area contributed by atoms with Crippen molar-refractivity contribution in [2.75, 3.05) is 41.7 Å². The monoisotopic (exact) mass is 583 g/mol. The largest absolute Gasteiger partial charge is 0.493 e. The topological polar surface area (TPSA) is 152 Å². The third-order valence-corrected chi connectivity index (χ3v) is 7.34. The summed E-state index contributed by atoms with van der Waals surface area (Å²) < 4.78 is 44.9. The maximum atomic E-state index is 13.2. The molecule has 13 nitrogen and oxygen atoms in total. The summed E-state index contributed by atoms with van der Waals surface area (Å²) >= 11 is 0. The van der Waals surface area contributed by atoms with Crippen LogP contribution >= 0.6 is 0 Å². The van der Waals surface area contributed by atoms with Crippen LogP contribution in [-0.4, -0.2) is 93.5 Å². The van der Waals surface area contributed by atoms with E-state index in [4.69, 9.17) is 37.9 Å². The van der Waals surface area contributed by atoms with Gasteiger partial charge in [0.15, 0.2) is 35.2 Å². The van der Waals surface area contributed by atoms with Gasteiger partial charge in [0.2, 0.25) is 13.1 Å². The molecule has 3 aliphatic rings. The molecule has 222 valence electrons. The van der Waals surface area contributed by atoms with Crippen molar-refractivity contribution in [1.82, 2.24) is 4.90 Å². The molecular weight excluding hydrogens is 554 g/mol. The highest BCUT2D eigenvalue weighted by Crippen LogP contribution is 2.49. The second-order valence-electron chi connectivity index (χ2n) is 10.1. The maximum absolute atomic E-state index is 13.2. The van der Waals surface area contributed by atoms with Crippen molar-refractivity contribution in [3.8, 4) is 39.9 Å². The summed E-state index contributed by atoms with van der Waals surface area (Å²) in [6.45, 7) is -0.314. The second-order valence-corrected chi connectivity index (χ2v) is 10.1. The Bertz CT molecular complexity index is 1570. The number of aliphatic hydroxyl groups excluding tert-OH is 2. The summed E-state index contributed by atoms with van der Waals surface area (Å²) in [5.74, 6) is 1.51. The van der Waals surface area contributed by atoms with Gasteiger partial charge in [0.05, 0.1) is 26.4 Å². The summed E-state index contributed by atoms with van der Waals surface area (Å²) in [5.41, 5.74) is 1.87. The fourth-order valence-corrected chi connectivity index (χ4v) is 5.25. The summed E-state index contributed by atoms with van der Waals surface area (Å²) in [7, 11) is 5.94. The van der Waals surface area contributed by atoms with E-state index in [2.05, 4.69) is 0 Å². The van der Waals surface area contributed by atoms with Crippen LogP contribution in [0.25, 0.3) is 21.9 Å². The molecular formula is C29H29NO12. The molecule has 1 unspecified atom stereocenters. The lowest BCUT2D eigenvalue weighted by molar-refractivity contribution is -0.242. The smallest absolute Gasteiger partial charge is 0.409 e. The van der Waals surface area contributed by atoms with Gasteiger partial charge < -0.3 is 53.0 Å². The Balaban J connectivity index is 1.52. The van der Waals surface area contributed by atoms with Crippen LogP contribution in [0.4, 0.5) is 4.79 Å². The molecule has 3 aromatic rings. The first-order valence-corrected chi connectivity index (χ1v) is 13.1. The fraction of sp³-hybridized carbons (Fsp3) is 0.379. The number of carbonyl (C=O) groups is 2. The average Bonchev–Trinajstić information content (AvgIpc) is 3.61. The number of methoxy groups -OCH3 is 2. The van der Waals surface area contributed by atoms with Gasteiger partial charge in [-0.3, -0.25) is 0 Å². The first kappa shape index (κ1) is 27.7. The Hall–Kier alpha value is -4.46. The maximum Gasteiger partial charge on any atom is 0.409 e. The third-order valence-electron chi connectivity index (χ3n) is 7.34. The number of benzene rings is 3. The average molecular weight is 584 g/mol. The standard InChI is InChI=1S/C29H29NO12/c1-30(2)29(34)42-26-17(31)11-38-28(24(26)32)41-25-15-9-20(36-4)19(35-3)8-14(15)22(23-16(25)10-37-27(23)33)13-5-6-18-21(7-13)40-12-39-18/h5-9,17,24,26,28,31-32H,10-12H2,1-4H3/t17-,24-,26+,28?/m1/s1. The Morgan fingerprint density at radius 3 is 2.38 bits per heavy atom. The Kier molecular flexibility index (Phi) is 7.09. The molecule has 3 aromatic carbocycles. The van der Waals surface area contributed by atoms with E-state index in [1.54, 1.807) is 24.3 Å². The highest BCUT2D eigenvalue weighted by molar-refractivity contribution is 6.14. The number of amides is 1. The van der Waals surface area contributed by atoms with Crippen molar-refractivity contribution in [2.45, 2.75) is 31.2 Å². The number of esters is 1. The molecule has 0 bridgehead atoms. The number of ether oxygens (including phenoxy) is 8. The predicted octanol–water partition coefficient (Wildman–Crippen LogP) is 2.45. The van der Waals surface area contributed by atoms with Crippen LogP contribution in [0.2, 0.25) is 0 Å². The number of aliphatic hydroxyl groups is 2. The molecule has 1 amide bonds. The molecule has 6 rings (SSSR count). The quantitative estimate of drug-likeness (QED) is 0.410. The highest BCUT2D eigenvalue weighted by atomic mass is 16.7. The van der Waals surface area contributed by atoms with Gasteiger partial charge in [0.25, 0.3) is 0 Å². The molecule has 1 fully saturated rings. The van der Waals surface area contributed by atoms with Gasteiger partial charge in [-0.25, -0.2) is 9.59 Å². The lowest BCUT2D eigenvalue weighted by Crippen LogP contribution is -2.57. The van der Waals surface area contributed by atoms with E-state index in [0.29, 0.717) is 50.5 Å². The third kappa shape index (κ3) is 4.55. The minimum Gasteiger partial charge on any atom is -0.493 e. The molecule has 3 heterocycles. The molecule has 0 aliphatic carbocycles. The van der Waals surface area contributed by atoms with Gasteiger partial charge in [-0.15, -0.1) is 0 Å². The first-order valence-electron chi connectivity index (χ1n) is 13.1. The Labute approximate surface area is 239 Å². The Morgan fingerprint density at radius 1 is 0.952 bits per heavy atom. The predicted molar refractivity (Wildman–Crippen MR) is 144 cm³/mol. The molecule has 0 saturated carbocycles. The zero-order valence-corrected chi connectivity index (χ0v) is 23.2. The molecule has 1 saturated heterocycles. The van der Waals surface area contributed by atoms with E-state index in [9.17, 15) is 19.8 Å². The van der Waals surface area contributed by atoms with Crippen molar-refractivity contribution >= 4 is 22.8 Å². The molecule has 4 atom stereocenters. The molecule has 42 heavy (non-hydrogen) atoms. The first-order chi connectivity index (χ1) is 20.2. The van der Waals surface area contributed by atoms with Gasteiger partial charge in [-0.2, -0.15) is 0 Å². The van der Waals surface area contributed by atoms with E-state index in [0.717, 1.165) is 0 Å². The van der Waals surface area contributed by atoms with Crippen LogP contribution in [0.3, 0.4) is 0 Å². The van der Waals surface area contributed by atoms with Gasteiger partial charge in [0, 0.05) is 30.6 Å². The van der Waals surface area contributed by atoms with E-state index in [1.165, 1.54) is 33.2 Å². The van der Waals surface area contributed by atoms with E-state index in [-0.39, 0.29) is 31.3 Å². The minimum absolute atomic E-state index is 0.0841. The van der Waals surface area contributed by atoms with Gasteiger partial charge in [-0.1, -0.05) is 6.07 Å². The van der Waals surface area contributed by atoms with Crippen LogP contribution in [0.15, 0.2) is 30.3 Å². The lowest BCUT2D eigenvalue weighted by Gasteiger charge is -2.37. The van der Waals surface area contributed by atoms with Crippen LogP contribution in [-0.2, 0) is 20.8 Å². The molecule has 2 N–H and O–H groups in total. The van der Waals surface area contributed by atoms with E-state index in [1.807, 2.05) is 6.07 Å². The molecule has 3 aliphatic heterocycles.